The van der Waals surface area contributed by atoms with Crippen molar-refractivity contribution >= 4 is 0 Å². The van der Waals surface area contributed by atoms with Gasteiger partial charge in [0.25, 0.3) is 0 Å². The van der Waals surface area contributed by atoms with E-state index in [0.717, 1.165) is 48.4 Å². The first kappa shape index (κ1) is 19.9. The van der Waals surface area contributed by atoms with Crippen molar-refractivity contribution in [1.82, 2.24) is 9.97 Å². The summed E-state index contributed by atoms with van der Waals surface area (Å²) in [6, 6.07) is 8.77. The summed E-state index contributed by atoms with van der Waals surface area (Å²) in [7, 11) is 0. The van der Waals surface area contributed by atoms with Crippen LogP contribution in [-0.4, -0.2) is 16.6 Å². The molecule has 0 bridgehead atoms. The number of nitrogens with zero attached hydrogens (tertiary/aromatic N) is 2. The number of benzene rings is 1. The number of rotatable bonds is 9. The number of ether oxygens (including phenoxy) is 1. The van der Waals surface area contributed by atoms with E-state index in [1.165, 1.54) is 50.5 Å². The Morgan fingerprint density at radius 2 is 1.59 bits per heavy atom. The molecule has 1 aromatic carbocycles. The van der Waals surface area contributed by atoms with Crippen LogP contribution >= 0.6 is 0 Å². The zero-order valence-electron chi connectivity index (χ0n) is 17.0. The molecule has 0 spiro atoms. The van der Waals surface area contributed by atoms with E-state index in [2.05, 4.69) is 48.1 Å². The highest BCUT2D eigenvalue weighted by atomic mass is 16.5. The molecular weight excluding hydrogens is 332 g/mol. The van der Waals surface area contributed by atoms with Gasteiger partial charge < -0.3 is 4.74 Å². The minimum Gasteiger partial charge on any atom is -0.490 e. The van der Waals surface area contributed by atoms with E-state index >= 15 is 0 Å². The molecule has 0 amide bonds. The van der Waals surface area contributed by atoms with Crippen molar-refractivity contribution in [3.05, 3.63) is 42.2 Å². The van der Waals surface area contributed by atoms with Crippen LogP contribution in [0.3, 0.4) is 0 Å². The van der Waals surface area contributed by atoms with Crippen LogP contribution in [0.25, 0.3) is 11.4 Å². The van der Waals surface area contributed by atoms with E-state index in [-0.39, 0.29) is 0 Å². The smallest absolute Gasteiger partial charge is 0.159 e. The molecule has 1 aliphatic rings. The first-order chi connectivity index (χ1) is 13.3. The van der Waals surface area contributed by atoms with Gasteiger partial charge in [-0.1, -0.05) is 76.6 Å². The minimum absolute atomic E-state index is 0.730. The normalized spacial score (nSPS) is 19.8. The molecule has 0 radical (unpaired) electrons. The summed E-state index contributed by atoms with van der Waals surface area (Å²) in [5.74, 6) is 3.43. The third-order valence-corrected chi connectivity index (χ3v) is 5.99. The van der Waals surface area contributed by atoms with Gasteiger partial charge in [0.2, 0.25) is 0 Å². The maximum absolute atomic E-state index is 5.63. The van der Waals surface area contributed by atoms with Crippen molar-refractivity contribution in [3.63, 3.8) is 0 Å². The zero-order chi connectivity index (χ0) is 18.9. The van der Waals surface area contributed by atoms with Gasteiger partial charge in [-0.25, -0.2) is 9.97 Å². The van der Waals surface area contributed by atoms with Gasteiger partial charge in [-0.15, -0.1) is 0 Å². The zero-order valence-corrected chi connectivity index (χ0v) is 17.0. The molecule has 1 aliphatic carbocycles. The number of aromatic nitrogens is 2. The largest absolute Gasteiger partial charge is 0.490 e. The maximum atomic E-state index is 5.63. The summed E-state index contributed by atoms with van der Waals surface area (Å²) in [4.78, 5) is 8.91. The van der Waals surface area contributed by atoms with E-state index < -0.39 is 0 Å². The standard InChI is InChI=1S/C24H34N2O/c1-3-5-16-27-23-17-25-24(26-18-23)22-14-12-21(13-15-22)11-10-20-8-6-19(4-2)7-9-20/h12-15,17-20H,3-11,16H2,1-2H3/t19-,20-. The average Bonchev–Trinajstić information content (AvgIpc) is 2.74. The van der Waals surface area contributed by atoms with Gasteiger partial charge in [0.1, 0.15) is 0 Å². The highest BCUT2D eigenvalue weighted by Gasteiger charge is 2.19. The molecule has 0 N–H and O–H groups in total. The molecule has 3 heteroatoms. The number of hydrogen-bond acceptors (Lipinski definition) is 3. The first-order valence-electron chi connectivity index (χ1n) is 10.8. The van der Waals surface area contributed by atoms with Crippen LogP contribution in [0, 0.1) is 11.8 Å². The van der Waals surface area contributed by atoms with Crippen molar-refractivity contribution in [3.8, 4) is 17.1 Å². The molecule has 1 fully saturated rings. The van der Waals surface area contributed by atoms with Gasteiger partial charge in [-0.3, -0.25) is 0 Å². The maximum Gasteiger partial charge on any atom is 0.159 e. The molecule has 1 aromatic heterocycles. The second kappa shape index (κ2) is 10.4. The predicted octanol–water partition coefficient (Wildman–Crippen LogP) is 6.47. The summed E-state index contributed by atoms with van der Waals surface area (Å²) in [5.41, 5.74) is 2.50. The third-order valence-electron chi connectivity index (χ3n) is 5.99. The molecule has 2 aromatic rings. The van der Waals surface area contributed by atoms with Crippen LogP contribution in [-0.2, 0) is 6.42 Å². The summed E-state index contributed by atoms with van der Waals surface area (Å²) in [5, 5.41) is 0. The monoisotopic (exact) mass is 366 g/mol. The SMILES string of the molecule is CCCCOc1cnc(-c2ccc(CC[C@H]3CC[C@H](CC)CC3)cc2)nc1. The number of aryl methyl sites for hydroxylation is 1. The Bertz CT molecular complexity index is 658. The van der Waals surface area contributed by atoms with E-state index in [4.69, 9.17) is 4.74 Å². The summed E-state index contributed by atoms with van der Waals surface area (Å²) >= 11 is 0. The van der Waals surface area contributed by atoms with Crippen LogP contribution in [0.2, 0.25) is 0 Å². The Morgan fingerprint density at radius 3 is 2.22 bits per heavy atom. The predicted molar refractivity (Wildman–Crippen MR) is 112 cm³/mol. The van der Waals surface area contributed by atoms with Gasteiger partial charge in [-0.2, -0.15) is 0 Å². The summed E-state index contributed by atoms with van der Waals surface area (Å²) < 4.78 is 5.63. The topological polar surface area (TPSA) is 35.0 Å². The molecule has 0 saturated heterocycles. The fraction of sp³-hybridized carbons (Fsp3) is 0.583. The van der Waals surface area contributed by atoms with Crippen LogP contribution in [0.5, 0.6) is 5.75 Å². The molecule has 1 heterocycles. The van der Waals surface area contributed by atoms with E-state index in [9.17, 15) is 0 Å². The second-order valence-electron chi connectivity index (χ2n) is 7.97. The molecular formula is C24H34N2O. The van der Waals surface area contributed by atoms with Gasteiger partial charge in [0, 0.05) is 5.56 Å². The van der Waals surface area contributed by atoms with Gasteiger partial charge in [0.15, 0.2) is 11.6 Å². The second-order valence-corrected chi connectivity index (χ2v) is 7.97. The lowest BCUT2D eigenvalue weighted by atomic mass is 9.78. The molecule has 3 rings (SSSR count). The average molecular weight is 367 g/mol. The summed E-state index contributed by atoms with van der Waals surface area (Å²) in [6.45, 7) is 5.22. The molecule has 146 valence electrons. The van der Waals surface area contributed by atoms with Crippen molar-refractivity contribution in [2.24, 2.45) is 11.8 Å². The Morgan fingerprint density at radius 1 is 0.926 bits per heavy atom. The van der Waals surface area contributed by atoms with Crippen molar-refractivity contribution in [2.45, 2.75) is 71.6 Å². The van der Waals surface area contributed by atoms with Crippen LogP contribution < -0.4 is 4.74 Å². The van der Waals surface area contributed by atoms with Crippen molar-refractivity contribution in [1.29, 1.82) is 0 Å². The fourth-order valence-electron chi connectivity index (χ4n) is 3.99. The van der Waals surface area contributed by atoms with E-state index in [1.807, 2.05) is 0 Å². The Balaban J connectivity index is 1.48. The molecule has 0 atom stereocenters. The fourth-order valence-corrected chi connectivity index (χ4v) is 3.99. The lowest BCUT2D eigenvalue weighted by Crippen LogP contribution is -2.14. The molecule has 1 saturated carbocycles. The van der Waals surface area contributed by atoms with E-state index in [0.29, 0.717) is 0 Å². The Hall–Kier alpha value is -1.90. The number of hydrogen-bond donors (Lipinski definition) is 0. The molecule has 0 unspecified atom stereocenters. The highest BCUT2D eigenvalue weighted by molar-refractivity contribution is 5.55. The molecule has 0 aliphatic heterocycles. The number of unbranched alkanes of at least 4 members (excludes halogenated alkanes) is 1. The highest BCUT2D eigenvalue weighted by Crippen LogP contribution is 2.33. The van der Waals surface area contributed by atoms with Gasteiger partial charge in [0.05, 0.1) is 19.0 Å². The quantitative estimate of drug-likeness (QED) is 0.477. The van der Waals surface area contributed by atoms with Gasteiger partial charge in [-0.05, 0) is 36.7 Å². The lowest BCUT2D eigenvalue weighted by molar-refractivity contribution is 0.259. The summed E-state index contributed by atoms with van der Waals surface area (Å²) in [6.07, 6.45) is 15.4. The lowest BCUT2D eigenvalue weighted by Gasteiger charge is -2.27. The minimum atomic E-state index is 0.730. The third kappa shape index (κ3) is 6.05. The Kier molecular flexibility index (Phi) is 7.67. The Labute approximate surface area is 164 Å². The van der Waals surface area contributed by atoms with Crippen molar-refractivity contribution < 1.29 is 4.74 Å². The molecule has 27 heavy (non-hydrogen) atoms. The first-order valence-corrected chi connectivity index (χ1v) is 10.8. The van der Waals surface area contributed by atoms with Crippen LogP contribution in [0.4, 0.5) is 0 Å². The van der Waals surface area contributed by atoms with Crippen molar-refractivity contribution in [2.75, 3.05) is 6.61 Å². The molecule has 3 nitrogen and oxygen atoms in total. The van der Waals surface area contributed by atoms with Crippen LogP contribution in [0.1, 0.15) is 70.8 Å². The van der Waals surface area contributed by atoms with Crippen LogP contribution in [0.15, 0.2) is 36.7 Å². The van der Waals surface area contributed by atoms with E-state index in [1.54, 1.807) is 12.4 Å². The van der Waals surface area contributed by atoms with Gasteiger partial charge >= 0.3 is 0 Å².